The summed E-state index contributed by atoms with van der Waals surface area (Å²) in [6.07, 6.45) is 0.234. The van der Waals surface area contributed by atoms with Crippen molar-refractivity contribution in [3.63, 3.8) is 0 Å². The van der Waals surface area contributed by atoms with E-state index in [0.717, 1.165) is 24.4 Å². The second kappa shape index (κ2) is 12.0. The zero-order chi connectivity index (χ0) is 25.7. The van der Waals surface area contributed by atoms with Crippen LogP contribution in [0, 0.1) is 48.2 Å². The first-order valence-electron chi connectivity index (χ1n) is 12.3. The number of nitrogens with zero attached hydrogens (tertiary/aromatic N) is 2. The SMILES string of the molecule is CC(C)Oc1ccccc1[CH]=[Ru+].Cc1cc(C)c(N2[CH-]N(c3c(C)cc(C)cc3C)CC2)c(C)c1. The molecule has 0 aliphatic carbocycles. The third-order valence-electron chi connectivity index (χ3n) is 6.10. The van der Waals surface area contributed by atoms with Gasteiger partial charge in [-0.3, -0.25) is 0 Å². The Bertz CT molecular complexity index is 1070. The molecule has 187 valence electrons. The number of hydrogen-bond donors (Lipinski definition) is 0. The summed E-state index contributed by atoms with van der Waals surface area (Å²) in [7, 11) is 0. The Morgan fingerprint density at radius 3 is 1.60 bits per heavy atom. The van der Waals surface area contributed by atoms with Crippen LogP contribution in [-0.4, -0.2) is 23.8 Å². The molecule has 0 bridgehead atoms. The molecule has 1 aliphatic rings. The van der Waals surface area contributed by atoms with E-state index in [1.807, 2.05) is 42.7 Å². The first-order chi connectivity index (χ1) is 16.6. The Morgan fingerprint density at radius 1 is 0.771 bits per heavy atom. The number of aryl methyl sites for hydroxylation is 6. The van der Waals surface area contributed by atoms with Crippen LogP contribution in [0.15, 0.2) is 48.5 Å². The maximum Gasteiger partial charge on any atom is 0.0146 e. The molecule has 4 rings (SSSR count). The molecule has 3 aromatic rings. The van der Waals surface area contributed by atoms with Gasteiger partial charge in [0.2, 0.25) is 0 Å². The third kappa shape index (κ3) is 6.82. The predicted octanol–water partition coefficient (Wildman–Crippen LogP) is 7.15. The van der Waals surface area contributed by atoms with E-state index in [9.17, 15) is 0 Å². The fraction of sp³-hybridized carbons (Fsp3) is 0.355. The Labute approximate surface area is 222 Å². The molecule has 0 unspecified atom stereocenters. The van der Waals surface area contributed by atoms with Gasteiger partial charge in [0, 0.05) is 24.5 Å². The summed E-state index contributed by atoms with van der Waals surface area (Å²) in [6.45, 7) is 21.6. The van der Waals surface area contributed by atoms with Crippen LogP contribution in [-0.2, 0) is 17.9 Å². The van der Waals surface area contributed by atoms with E-state index in [1.54, 1.807) is 0 Å². The number of benzene rings is 3. The zero-order valence-corrected chi connectivity index (χ0v) is 24.2. The van der Waals surface area contributed by atoms with E-state index in [0.29, 0.717) is 0 Å². The number of rotatable bonds is 5. The maximum absolute atomic E-state index is 5.59. The van der Waals surface area contributed by atoms with Crippen LogP contribution in [0.4, 0.5) is 11.4 Å². The Kier molecular flexibility index (Phi) is 9.30. The van der Waals surface area contributed by atoms with Gasteiger partial charge in [0.25, 0.3) is 0 Å². The molecule has 0 N–H and O–H groups in total. The van der Waals surface area contributed by atoms with Crippen LogP contribution >= 0.6 is 0 Å². The predicted molar refractivity (Wildman–Crippen MR) is 148 cm³/mol. The number of para-hydroxylation sites is 1. The van der Waals surface area contributed by atoms with Crippen molar-refractivity contribution in [1.82, 2.24) is 0 Å². The molecule has 0 amide bonds. The van der Waals surface area contributed by atoms with Crippen LogP contribution in [0.25, 0.3) is 0 Å². The van der Waals surface area contributed by atoms with Gasteiger partial charge >= 0.3 is 82.7 Å². The average Bonchev–Trinajstić information content (AvgIpc) is 3.21. The number of anilines is 2. The monoisotopic (exact) mass is 557 g/mol. The molecule has 1 fully saturated rings. The largest absolute Gasteiger partial charge is 0.502 e. The van der Waals surface area contributed by atoms with Gasteiger partial charge in [-0.15, -0.1) is 0 Å². The van der Waals surface area contributed by atoms with Crippen molar-refractivity contribution in [2.75, 3.05) is 22.9 Å². The summed E-state index contributed by atoms with van der Waals surface area (Å²) in [5.74, 6) is 0.950. The van der Waals surface area contributed by atoms with Crippen molar-refractivity contribution < 1.29 is 22.6 Å². The topological polar surface area (TPSA) is 15.7 Å². The van der Waals surface area contributed by atoms with E-state index in [-0.39, 0.29) is 6.10 Å². The minimum atomic E-state index is 0.234. The normalized spacial score (nSPS) is 13.1. The molecule has 4 heteroatoms. The molecule has 0 aromatic heterocycles. The molecule has 0 atom stereocenters. The smallest absolute Gasteiger partial charge is 0.0146 e. The van der Waals surface area contributed by atoms with Crippen LogP contribution in [0.3, 0.4) is 0 Å². The van der Waals surface area contributed by atoms with Gasteiger partial charge in [-0.05, 0) is 63.8 Å². The van der Waals surface area contributed by atoms with Crippen LogP contribution in [0.1, 0.15) is 52.8 Å². The summed E-state index contributed by atoms with van der Waals surface area (Å²) < 4.78 is 7.58. The van der Waals surface area contributed by atoms with Crippen LogP contribution < -0.4 is 14.5 Å². The van der Waals surface area contributed by atoms with Crippen molar-refractivity contribution in [3.8, 4) is 5.75 Å². The maximum atomic E-state index is 5.59. The van der Waals surface area contributed by atoms with Gasteiger partial charge in [0.05, 0.1) is 0 Å². The Hall–Kier alpha value is -2.45. The van der Waals surface area contributed by atoms with Gasteiger partial charge in [0.1, 0.15) is 0 Å². The van der Waals surface area contributed by atoms with Crippen LogP contribution in [0.5, 0.6) is 5.75 Å². The average molecular weight is 557 g/mol. The summed E-state index contributed by atoms with van der Waals surface area (Å²) in [4.78, 5) is 4.81. The van der Waals surface area contributed by atoms with Crippen molar-refractivity contribution in [1.29, 1.82) is 0 Å². The van der Waals surface area contributed by atoms with Crippen molar-refractivity contribution in [3.05, 3.63) is 94.1 Å². The molecule has 3 nitrogen and oxygen atoms in total. The molecular formula is C31H39N2ORu. The summed E-state index contributed by atoms with van der Waals surface area (Å²) >= 11 is 2.49. The van der Waals surface area contributed by atoms with Crippen molar-refractivity contribution >= 4 is 16.0 Å². The molecule has 1 heterocycles. The Balaban J connectivity index is 0.000000241. The van der Waals surface area contributed by atoms with Gasteiger partial charge in [-0.1, -0.05) is 35.4 Å². The summed E-state index contributed by atoms with van der Waals surface area (Å²) in [5, 5.41) is 0. The fourth-order valence-electron chi connectivity index (χ4n) is 5.02. The van der Waals surface area contributed by atoms with E-state index in [2.05, 4.69) is 100 Å². The number of hydrogen-bond acceptors (Lipinski definition) is 3. The van der Waals surface area contributed by atoms with E-state index in [1.165, 1.54) is 44.8 Å². The summed E-state index contributed by atoms with van der Waals surface area (Å²) in [5.41, 5.74) is 12.0. The quantitative estimate of drug-likeness (QED) is 0.245. The van der Waals surface area contributed by atoms with Crippen molar-refractivity contribution in [2.45, 2.75) is 61.5 Å². The molecule has 35 heavy (non-hydrogen) atoms. The van der Waals surface area contributed by atoms with Crippen molar-refractivity contribution in [2.24, 2.45) is 0 Å². The first-order valence-corrected chi connectivity index (χ1v) is 13.3. The molecule has 1 saturated heterocycles. The molecule has 1 aliphatic heterocycles. The van der Waals surface area contributed by atoms with Gasteiger partial charge in [-0.2, -0.15) is 6.67 Å². The fourth-order valence-corrected chi connectivity index (χ4v) is 5.43. The standard InChI is InChI=1S/C21H27N2.C10H12O.Ru/c1-14-9-16(3)20(17(4)10-14)22-7-8-23(13-22)21-18(5)11-15(2)12-19(21)6;1-8(2)11-10-7-5-4-6-9(10)3;/h9-13H,7-8H2,1-6H3;3-8H,1-2H3;/q-1;;+1. The first kappa shape index (κ1) is 27.1. The van der Waals surface area contributed by atoms with E-state index < -0.39 is 0 Å². The molecular weight excluding hydrogens is 517 g/mol. The van der Waals surface area contributed by atoms with E-state index >= 15 is 0 Å². The minimum Gasteiger partial charge on any atom is -0.502 e. The second-order valence-electron chi connectivity index (χ2n) is 9.80. The van der Waals surface area contributed by atoms with Gasteiger partial charge in [-0.25, -0.2) is 0 Å². The summed E-state index contributed by atoms with van der Waals surface area (Å²) in [6, 6.07) is 17.1. The third-order valence-corrected chi connectivity index (χ3v) is 6.64. The van der Waals surface area contributed by atoms with Crippen LogP contribution in [0.2, 0.25) is 0 Å². The van der Waals surface area contributed by atoms with Gasteiger partial charge in [0.15, 0.2) is 0 Å². The van der Waals surface area contributed by atoms with E-state index in [4.69, 9.17) is 4.74 Å². The molecule has 0 spiro atoms. The minimum absolute atomic E-state index is 0.234. The zero-order valence-electron chi connectivity index (χ0n) is 22.4. The second-order valence-corrected chi connectivity index (χ2v) is 10.3. The molecule has 0 radical (unpaired) electrons. The molecule has 0 saturated carbocycles. The Morgan fingerprint density at radius 2 is 1.20 bits per heavy atom. The number of ether oxygens (including phenoxy) is 1. The van der Waals surface area contributed by atoms with Gasteiger partial charge < -0.3 is 9.80 Å². The molecule has 3 aromatic carbocycles.